The lowest BCUT2D eigenvalue weighted by Crippen LogP contribution is -2.20. The summed E-state index contributed by atoms with van der Waals surface area (Å²) in [5.41, 5.74) is 1.48. The lowest BCUT2D eigenvalue weighted by atomic mass is 10.1. The average Bonchev–Trinajstić information content (AvgIpc) is 3.11. The molecule has 0 saturated carbocycles. The minimum atomic E-state index is -3.29. The molecule has 0 aliphatic heterocycles. The molecule has 0 unspecified atom stereocenters. The van der Waals surface area contributed by atoms with E-state index in [4.69, 9.17) is 14.2 Å². The Kier molecular flexibility index (Phi) is 7.70. The van der Waals surface area contributed by atoms with Crippen molar-refractivity contribution in [2.75, 3.05) is 33.7 Å². The van der Waals surface area contributed by atoms with E-state index in [1.807, 2.05) is 23.6 Å². The predicted molar refractivity (Wildman–Crippen MR) is 123 cm³/mol. The number of amides is 1. The van der Waals surface area contributed by atoms with Crippen molar-refractivity contribution in [3.63, 3.8) is 0 Å². The molecule has 172 valence electrons. The Balaban J connectivity index is 2.01. The molecule has 0 spiro atoms. The summed E-state index contributed by atoms with van der Waals surface area (Å²) in [6, 6.07) is 9.89. The van der Waals surface area contributed by atoms with Gasteiger partial charge in [0.15, 0.2) is 14.6 Å². The van der Waals surface area contributed by atoms with E-state index in [0.717, 1.165) is 16.5 Å². The van der Waals surface area contributed by atoms with E-state index in [0.29, 0.717) is 41.6 Å². The zero-order valence-electron chi connectivity index (χ0n) is 18.5. The third-order valence-electron chi connectivity index (χ3n) is 4.78. The maximum absolute atomic E-state index is 12.7. The number of methoxy groups -OCH3 is 2. The second-order valence-electron chi connectivity index (χ2n) is 6.98. The van der Waals surface area contributed by atoms with Gasteiger partial charge in [0.1, 0.15) is 21.7 Å². The Hall–Kier alpha value is -2.69. The highest BCUT2D eigenvalue weighted by Gasteiger charge is 2.17. The average molecular weight is 479 g/mol. The number of aromatic nitrogens is 1. The van der Waals surface area contributed by atoms with Gasteiger partial charge >= 0.3 is 0 Å². The maximum Gasteiger partial charge on any atom is 0.252 e. The second kappa shape index (κ2) is 10.3. The zero-order valence-corrected chi connectivity index (χ0v) is 20.1. The molecule has 3 rings (SSSR count). The molecule has 3 aromatic rings. The van der Waals surface area contributed by atoms with Crippen LogP contribution in [0.25, 0.3) is 10.2 Å². The van der Waals surface area contributed by atoms with Crippen molar-refractivity contribution in [3.8, 4) is 11.5 Å². The molecule has 1 amide bonds. The first-order valence-electron chi connectivity index (χ1n) is 9.97. The monoisotopic (exact) mass is 478 g/mol. The van der Waals surface area contributed by atoms with Crippen molar-refractivity contribution >= 4 is 37.3 Å². The summed E-state index contributed by atoms with van der Waals surface area (Å²) in [4.78, 5) is 17.8. The van der Waals surface area contributed by atoms with E-state index in [1.165, 1.54) is 23.5 Å². The van der Waals surface area contributed by atoms with Crippen LogP contribution < -0.4 is 14.3 Å². The number of carbonyl (C=O) groups is 1. The summed E-state index contributed by atoms with van der Waals surface area (Å²) in [5.74, 6) is 0.979. The molecule has 8 nitrogen and oxygen atoms in total. The van der Waals surface area contributed by atoms with Crippen LogP contribution in [0.5, 0.6) is 11.5 Å². The summed E-state index contributed by atoms with van der Waals surface area (Å²) < 4.78 is 42.5. The van der Waals surface area contributed by atoms with Crippen LogP contribution in [0.4, 0.5) is 0 Å². The molecule has 0 saturated heterocycles. The topological polar surface area (TPSA) is 96.2 Å². The number of hydrogen-bond donors (Lipinski definition) is 0. The molecule has 0 aliphatic carbocycles. The van der Waals surface area contributed by atoms with Crippen LogP contribution >= 0.6 is 11.3 Å². The summed E-state index contributed by atoms with van der Waals surface area (Å²) in [5, 5.41) is 0. The molecule has 0 bridgehead atoms. The van der Waals surface area contributed by atoms with Gasteiger partial charge in [-0.1, -0.05) is 23.5 Å². The SMILES string of the molecule is CCOCCn1c(=NC(=O)Cc2ccc(S(C)(=O)=O)cc2)sc2c(OC)ccc(OC)c21. The van der Waals surface area contributed by atoms with Gasteiger partial charge in [0.05, 0.1) is 32.1 Å². The van der Waals surface area contributed by atoms with Gasteiger partial charge in [-0.25, -0.2) is 8.42 Å². The molecular weight excluding hydrogens is 452 g/mol. The highest BCUT2D eigenvalue weighted by atomic mass is 32.2. The minimum Gasteiger partial charge on any atom is -0.495 e. The van der Waals surface area contributed by atoms with E-state index in [9.17, 15) is 13.2 Å². The fourth-order valence-electron chi connectivity index (χ4n) is 3.22. The Bertz CT molecular complexity index is 1270. The summed E-state index contributed by atoms with van der Waals surface area (Å²) in [6.45, 7) is 3.45. The quantitative estimate of drug-likeness (QED) is 0.439. The molecule has 1 heterocycles. The van der Waals surface area contributed by atoms with Crippen LogP contribution in [0.15, 0.2) is 46.3 Å². The molecule has 0 atom stereocenters. The Morgan fingerprint density at radius 3 is 2.31 bits per heavy atom. The van der Waals surface area contributed by atoms with Crippen LogP contribution in [0.2, 0.25) is 0 Å². The zero-order chi connectivity index (χ0) is 23.3. The van der Waals surface area contributed by atoms with E-state index < -0.39 is 9.84 Å². The molecule has 2 aromatic carbocycles. The maximum atomic E-state index is 12.7. The van der Waals surface area contributed by atoms with Crippen molar-refractivity contribution in [2.45, 2.75) is 24.8 Å². The number of carbonyl (C=O) groups excluding carboxylic acids is 1. The number of hydrogen-bond acceptors (Lipinski definition) is 7. The summed E-state index contributed by atoms with van der Waals surface area (Å²) in [7, 11) is -0.105. The number of fused-ring (bicyclic) bond motifs is 1. The van der Waals surface area contributed by atoms with Gasteiger partial charge in [-0.3, -0.25) is 4.79 Å². The highest BCUT2D eigenvalue weighted by Crippen LogP contribution is 2.35. The van der Waals surface area contributed by atoms with Crippen molar-refractivity contribution in [1.29, 1.82) is 0 Å². The lowest BCUT2D eigenvalue weighted by Gasteiger charge is -2.10. The molecule has 0 fully saturated rings. The number of ether oxygens (including phenoxy) is 3. The number of thiazole rings is 1. The minimum absolute atomic E-state index is 0.0536. The van der Waals surface area contributed by atoms with E-state index in [1.54, 1.807) is 26.4 Å². The van der Waals surface area contributed by atoms with Gasteiger partial charge in [-0.15, -0.1) is 0 Å². The fraction of sp³-hybridized carbons (Fsp3) is 0.364. The predicted octanol–water partition coefficient (Wildman–Crippen LogP) is 2.83. The van der Waals surface area contributed by atoms with Gasteiger partial charge in [-0.05, 0) is 36.8 Å². The van der Waals surface area contributed by atoms with Crippen molar-refractivity contribution < 1.29 is 27.4 Å². The first-order chi connectivity index (χ1) is 15.3. The smallest absolute Gasteiger partial charge is 0.252 e. The van der Waals surface area contributed by atoms with Crippen molar-refractivity contribution in [2.24, 2.45) is 4.99 Å². The number of sulfone groups is 1. The molecule has 0 radical (unpaired) electrons. The Morgan fingerprint density at radius 2 is 1.72 bits per heavy atom. The normalized spacial score (nSPS) is 12.3. The second-order valence-corrected chi connectivity index (χ2v) is 9.97. The fourth-order valence-corrected chi connectivity index (χ4v) is 5.04. The molecule has 1 aromatic heterocycles. The van der Waals surface area contributed by atoms with Gasteiger partial charge in [0.2, 0.25) is 0 Å². The third-order valence-corrected chi connectivity index (χ3v) is 7.00. The Labute approximate surface area is 191 Å². The summed E-state index contributed by atoms with van der Waals surface area (Å²) >= 11 is 1.34. The Morgan fingerprint density at radius 1 is 1.06 bits per heavy atom. The van der Waals surface area contributed by atoms with Gasteiger partial charge in [-0.2, -0.15) is 4.99 Å². The van der Waals surface area contributed by atoms with E-state index in [-0.39, 0.29) is 17.2 Å². The standard InChI is InChI=1S/C22H26N2O6S2/c1-5-30-13-12-24-20-17(28-2)10-11-18(29-3)21(20)31-22(24)23-19(25)14-15-6-8-16(9-7-15)32(4,26)27/h6-11H,5,12-14H2,1-4H3. The molecule has 10 heteroatoms. The highest BCUT2D eigenvalue weighted by molar-refractivity contribution is 7.90. The first-order valence-corrected chi connectivity index (χ1v) is 12.7. The number of rotatable bonds is 9. The lowest BCUT2D eigenvalue weighted by molar-refractivity contribution is -0.117. The number of nitrogens with zero attached hydrogens (tertiary/aromatic N) is 2. The van der Waals surface area contributed by atoms with Gasteiger partial charge < -0.3 is 18.8 Å². The van der Waals surface area contributed by atoms with E-state index >= 15 is 0 Å². The number of benzene rings is 2. The van der Waals surface area contributed by atoms with Crippen LogP contribution in [0, 0.1) is 0 Å². The third kappa shape index (κ3) is 5.37. The van der Waals surface area contributed by atoms with E-state index in [2.05, 4.69) is 4.99 Å². The molecule has 0 N–H and O–H groups in total. The van der Waals surface area contributed by atoms with Crippen LogP contribution in [-0.4, -0.2) is 52.6 Å². The van der Waals surface area contributed by atoms with Crippen LogP contribution in [0.3, 0.4) is 0 Å². The first kappa shape index (κ1) is 24.0. The van der Waals surface area contributed by atoms with Crippen molar-refractivity contribution in [1.82, 2.24) is 4.57 Å². The molecule has 0 aliphatic rings. The van der Waals surface area contributed by atoms with Gasteiger partial charge in [0.25, 0.3) is 5.91 Å². The molecular formula is C22H26N2O6S2. The largest absolute Gasteiger partial charge is 0.495 e. The van der Waals surface area contributed by atoms with Gasteiger partial charge in [0, 0.05) is 19.4 Å². The molecule has 32 heavy (non-hydrogen) atoms. The van der Waals surface area contributed by atoms with Crippen molar-refractivity contribution in [3.05, 3.63) is 46.8 Å². The van der Waals surface area contributed by atoms with Crippen LogP contribution in [0.1, 0.15) is 12.5 Å². The summed E-state index contributed by atoms with van der Waals surface area (Å²) in [6.07, 6.45) is 1.20. The van der Waals surface area contributed by atoms with Crippen LogP contribution in [-0.2, 0) is 32.3 Å².